The monoisotopic (exact) mass is 323 g/mol. The molecule has 1 aromatic rings. The van der Waals surface area contributed by atoms with Crippen LogP contribution in [0.5, 0.6) is 17.2 Å². The first-order chi connectivity index (χ1) is 11.2. The van der Waals surface area contributed by atoms with Crippen LogP contribution in [-0.2, 0) is 0 Å². The van der Waals surface area contributed by atoms with Crippen molar-refractivity contribution in [3.05, 3.63) is 17.7 Å². The quantitative estimate of drug-likeness (QED) is 0.817. The van der Waals surface area contributed by atoms with Gasteiger partial charge in [-0.15, -0.1) is 0 Å². The van der Waals surface area contributed by atoms with Crippen LogP contribution in [0, 0.1) is 0 Å². The average Bonchev–Trinajstić information content (AvgIpc) is 2.62. The maximum Gasteiger partial charge on any atom is 0.164 e. The van der Waals surface area contributed by atoms with Crippen LogP contribution in [-0.4, -0.2) is 70.4 Å². The third-order valence-electron chi connectivity index (χ3n) is 4.61. The number of nitrogens with zero attached hydrogens (tertiary/aromatic N) is 2. The normalized spacial score (nSPS) is 17.8. The number of piperazine rings is 1. The minimum absolute atomic E-state index is 0.115. The number of methoxy groups -OCH3 is 3. The molecule has 1 unspecified atom stereocenters. The zero-order valence-corrected chi connectivity index (χ0v) is 14.7. The first-order valence-corrected chi connectivity index (χ1v) is 8.14. The summed E-state index contributed by atoms with van der Waals surface area (Å²) in [5, 5.41) is 0. The molecule has 1 saturated heterocycles. The van der Waals surface area contributed by atoms with E-state index < -0.39 is 0 Å². The van der Waals surface area contributed by atoms with Crippen molar-refractivity contribution in [2.24, 2.45) is 5.73 Å². The van der Waals surface area contributed by atoms with Gasteiger partial charge < -0.3 is 24.8 Å². The molecule has 1 aromatic carbocycles. The predicted octanol–water partition coefficient (Wildman–Crippen LogP) is 1.35. The van der Waals surface area contributed by atoms with Gasteiger partial charge in [-0.3, -0.25) is 4.90 Å². The van der Waals surface area contributed by atoms with Crippen LogP contribution in [0.3, 0.4) is 0 Å². The maximum atomic E-state index is 6.11. The van der Waals surface area contributed by atoms with Gasteiger partial charge in [-0.05, 0) is 12.6 Å². The second kappa shape index (κ2) is 8.38. The Morgan fingerprint density at radius 1 is 0.957 bits per heavy atom. The van der Waals surface area contributed by atoms with Gasteiger partial charge in [0, 0.05) is 44.4 Å². The zero-order valence-electron chi connectivity index (χ0n) is 14.7. The highest BCUT2D eigenvalue weighted by atomic mass is 16.5. The van der Waals surface area contributed by atoms with E-state index in [4.69, 9.17) is 19.9 Å². The maximum absolute atomic E-state index is 6.11. The van der Waals surface area contributed by atoms with E-state index in [0.717, 1.165) is 44.0 Å². The SMILES string of the molecule is CCN1CCN(C(CN)c2cc(OC)c(OC)cc2OC)CC1. The van der Waals surface area contributed by atoms with Gasteiger partial charge in [-0.25, -0.2) is 0 Å². The van der Waals surface area contributed by atoms with E-state index in [1.807, 2.05) is 12.1 Å². The summed E-state index contributed by atoms with van der Waals surface area (Å²) in [6.45, 7) is 8.00. The Balaban J connectivity index is 2.29. The van der Waals surface area contributed by atoms with Crippen LogP contribution >= 0.6 is 0 Å². The minimum Gasteiger partial charge on any atom is -0.496 e. The number of hydrogen-bond donors (Lipinski definition) is 1. The van der Waals surface area contributed by atoms with Crippen LogP contribution in [0.2, 0.25) is 0 Å². The summed E-state index contributed by atoms with van der Waals surface area (Å²) in [5.74, 6) is 2.16. The summed E-state index contributed by atoms with van der Waals surface area (Å²) in [7, 11) is 4.94. The highest BCUT2D eigenvalue weighted by Gasteiger charge is 2.27. The second-order valence-electron chi connectivity index (χ2n) is 5.67. The van der Waals surface area contributed by atoms with Crippen LogP contribution in [0.4, 0.5) is 0 Å². The lowest BCUT2D eigenvalue weighted by atomic mass is 10.0. The van der Waals surface area contributed by atoms with Crippen molar-refractivity contribution < 1.29 is 14.2 Å². The molecule has 0 spiro atoms. The second-order valence-corrected chi connectivity index (χ2v) is 5.67. The summed E-state index contributed by atoms with van der Waals surface area (Å²) < 4.78 is 16.4. The molecule has 23 heavy (non-hydrogen) atoms. The molecule has 0 radical (unpaired) electrons. The van der Waals surface area contributed by atoms with Crippen molar-refractivity contribution >= 4 is 0 Å². The number of benzene rings is 1. The minimum atomic E-state index is 0.115. The highest BCUT2D eigenvalue weighted by Crippen LogP contribution is 2.39. The van der Waals surface area contributed by atoms with Gasteiger partial charge in [0.2, 0.25) is 0 Å². The molecule has 1 aliphatic heterocycles. The molecule has 0 amide bonds. The van der Waals surface area contributed by atoms with E-state index in [0.29, 0.717) is 18.0 Å². The Morgan fingerprint density at radius 2 is 1.52 bits per heavy atom. The Hall–Kier alpha value is -1.50. The van der Waals surface area contributed by atoms with Crippen LogP contribution < -0.4 is 19.9 Å². The van der Waals surface area contributed by atoms with Gasteiger partial charge in [0.05, 0.1) is 27.4 Å². The lowest BCUT2D eigenvalue weighted by Gasteiger charge is -2.39. The van der Waals surface area contributed by atoms with Crippen molar-refractivity contribution in [1.29, 1.82) is 0 Å². The van der Waals surface area contributed by atoms with Gasteiger partial charge in [0.15, 0.2) is 11.5 Å². The Kier molecular flexibility index (Phi) is 6.50. The molecule has 0 bridgehead atoms. The lowest BCUT2D eigenvalue weighted by Crippen LogP contribution is -2.48. The molecule has 130 valence electrons. The van der Waals surface area contributed by atoms with Gasteiger partial charge in [-0.1, -0.05) is 6.92 Å². The molecule has 1 heterocycles. The first kappa shape index (κ1) is 17.8. The number of hydrogen-bond acceptors (Lipinski definition) is 6. The van der Waals surface area contributed by atoms with Gasteiger partial charge >= 0.3 is 0 Å². The summed E-state index contributed by atoms with van der Waals surface area (Å²) in [6, 6.07) is 3.98. The van der Waals surface area contributed by atoms with Gasteiger partial charge in [0.25, 0.3) is 0 Å². The molecule has 2 rings (SSSR count). The van der Waals surface area contributed by atoms with Gasteiger partial charge in [-0.2, -0.15) is 0 Å². The van der Waals surface area contributed by atoms with E-state index >= 15 is 0 Å². The standard InChI is InChI=1S/C17H29N3O3/c1-5-19-6-8-20(9-7-19)14(12-18)13-10-16(22-3)17(23-4)11-15(13)21-2/h10-11,14H,5-9,12,18H2,1-4H3. The van der Waals surface area contributed by atoms with Crippen molar-refractivity contribution in [2.45, 2.75) is 13.0 Å². The average molecular weight is 323 g/mol. The molecular formula is C17H29N3O3. The van der Waals surface area contributed by atoms with E-state index in [-0.39, 0.29) is 6.04 Å². The van der Waals surface area contributed by atoms with E-state index in [9.17, 15) is 0 Å². The Bertz CT molecular complexity index is 502. The summed E-state index contributed by atoms with van der Waals surface area (Å²) in [6.07, 6.45) is 0. The summed E-state index contributed by atoms with van der Waals surface area (Å²) >= 11 is 0. The number of ether oxygens (including phenoxy) is 3. The van der Waals surface area contributed by atoms with E-state index in [1.54, 1.807) is 21.3 Å². The Morgan fingerprint density at radius 3 is 2.00 bits per heavy atom. The molecule has 6 nitrogen and oxygen atoms in total. The predicted molar refractivity (Wildman–Crippen MR) is 91.6 cm³/mol. The highest BCUT2D eigenvalue weighted by molar-refractivity contribution is 5.52. The third kappa shape index (κ3) is 3.88. The van der Waals surface area contributed by atoms with Crippen LogP contribution in [0.15, 0.2) is 12.1 Å². The van der Waals surface area contributed by atoms with E-state index in [1.165, 1.54) is 0 Å². The molecular weight excluding hydrogens is 294 g/mol. The van der Waals surface area contributed by atoms with Crippen molar-refractivity contribution in [2.75, 3.05) is 60.6 Å². The Labute approximate surface area is 139 Å². The van der Waals surface area contributed by atoms with Gasteiger partial charge in [0.1, 0.15) is 5.75 Å². The van der Waals surface area contributed by atoms with Crippen molar-refractivity contribution in [3.63, 3.8) is 0 Å². The first-order valence-electron chi connectivity index (χ1n) is 8.14. The smallest absolute Gasteiger partial charge is 0.164 e. The van der Waals surface area contributed by atoms with Crippen molar-refractivity contribution in [3.8, 4) is 17.2 Å². The molecule has 1 fully saturated rings. The van der Waals surface area contributed by atoms with Crippen LogP contribution in [0.25, 0.3) is 0 Å². The molecule has 0 aliphatic carbocycles. The van der Waals surface area contributed by atoms with E-state index in [2.05, 4.69) is 16.7 Å². The molecule has 6 heteroatoms. The number of nitrogens with two attached hydrogens (primary N) is 1. The fourth-order valence-electron chi connectivity index (χ4n) is 3.18. The molecule has 1 aliphatic rings. The lowest BCUT2D eigenvalue weighted by molar-refractivity contribution is 0.101. The number of likely N-dealkylation sites (N-methyl/N-ethyl adjacent to an activating group) is 1. The van der Waals surface area contributed by atoms with Crippen molar-refractivity contribution in [1.82, 2.24) is 9.80 Å². The topological polar surface area (TPSA) is 60.2 Å². The molecule has 1 atom stereocenters. The molecule has 0 aromatic heterocycles. The largest absolute Gasteiger partial charge is 0.496 e. The zero-order chi connectivity index (χ0) is 16.8. The fraction of sp³-hybridized carbons (Fsp3) is 0.647. The summed E-state index contributed by atoms with van der Waals surface area (Å²) in [5.41, 5.74) is 7.16. The fourth-order valence-corrected chi connectivity index (χ4v) is 3.18. The summed E-state index contributed by atoms with van der Waals surface area (Å²) in [4.78, 5) is 4.88. The molecule has 2 N–H and O–H groups in total. The molecule has 0 saturated carbocycles. The van der Waals surface area contributed by atoms with Crippen LogP contribution in [0.1, 0.15) is 18.5 Å². The third-order valence-corrected chi connectivity index (χ3v) is 4.61. The number of rotatable bonds is 7.